The number of anilines is 7. The highest BCUT2D eigenvalue weighted by atomic mass is 32.1. The van der Waals surface area contributed by atoms with Crippen molar-refractivity contribution in [2.24, 2.45) is 5.73 Å². The van der Waals surface area contributed by atoms with Gasteiger partial charge in [-0.25, -0.2) is 0 Å². The molecule has 7 rings (SSSR count). The molecule has 28 heteroatoms. The van der Waals surface area contributed by atoms with E-state index in [2.05, 4.69) is 321 Å². The van der Waals surface area contributed by atoms with Gasteiger partial charge in [0.05, 0.1) is 103 Å². The van der Waals surface area contributed by atoms with E-state index in [0.29, 0.717) is 6.54 Å². The minimum atomic E-state index is 0.0670. The number of nitrogens with zero attached hydrogens (tertiary/aromatic N) is 12. The third-order valence-electron chi connectivity index (χ3n) is 23.3. The first-order valence-corrected chi connectivity index (χ1v) is 52.2. The van der Waals surface area contributed by atoms with Crippen molar-refractivity contribution in [3.05, 3.63) is 102 Å². The maximum atomic E-state index is 5.54. The summed E-state index contributed by atoms with van der Waals surface area (Å²) in [4.78, 5) is 27.8. The van der Waals surface area contributed by atoms with E-state index in [-0.39, 0.29) is 37.9 Å². The lowest BCUT2D eigenvalue weighted by atomic mass is 9.83. The molecule has 7 aromatic rings. The van der Waals surface area contributed by atoms with Gasteiger partial charge in [0, 0.05) is 180 Å². The molecule has 0 aromatic heterocycles. The fourth-order valence-electron chi connectivity index (χ4n) is 15.8. The van der Waals surface area contributed by atoms with E-state index in [1.807, 2.05) is 14.1 Å². The molecule has 0 aliphatic rings. The summed E-state index contributed by atoms with van der Waals surface area (Å²) in [6.07, 6.45) is 4.82. The van der Waals surface area contributed by atoms with Gasteiger partial charge in [-0.15, -0.1) is 0 Å². The van der Waals surface area contributed by atoms with Gasteiger partial charge in [0.2, 0.25) is 0 Å². The molecule has 7 aromatic carbocycles. The largest absolute Gasteiger partial charge is 0.372 e. The molecular weight excluding hydrogens is 1850 g/mol. The van der Waals surface area contributed by atoms with E-state index < -0.39 is 0 Å². The maximum Gasteiger partial charge on any atom is 0.0798 e. The SMILES string of the molecule is CCCN(C)CCN(C)c1c(C(C)(C)C)c(=S)c1=S.CCCN(CC)CCN(C)c1c(C(C)(C)C)c(=S)c1=S.CCCN(CCC)CCN(C)c1c(C(C)(C)C)c(=S)c1=S.CCN(C)CCN(C)c1c(C(C)(C)C)c(=S)c1=S.CCN(CC)CCN(C)c1c(C(C)(C)C)c(=S)c1=S.CN(CCN)c1c(C(C)(C)C)c(=S)c1=S.CNCCN(C)c1c(C(C)(C)C)c(=S)c1=S. The smallest absolute Gasteiger partial charge is 0.0798 e. The summed E-state index contributed by atoms with van der Waals surface area (Å²) in [5.41, 5.74) is 23.1. The summed E-state index contributed by atoms with van der Waals surface area (Å²) in [5.74, 6) is 0. The summed E-state index contributed by atoms with van der Waals surface area (Å²) < 4.78 is 12.3. The Hall–Kier alpha value is -2.24. The predicted octanol–water partition coefficient (Wildman–Crippen LogP) is 27.0. The molecular formula is C100H172N14S14. The molecule has 0 heterocycles. The van der Waals surface area contributed by atoms with Crippen molar-refractivity contribution in [2.45, 2.75) is 264 Å². The van der Waals surface area contributed by atoms with Crippen LogP contribution < -0.4 is 45.3 Å². The number of hydrogen-bond acceptors (Lipinski definition) is 28. The minimum absolute atomic E-state index is 0.0670. The Labute approximate surface area is 853 Å². The summed E-state index contributed by atoms with van der Waals surface area (Å²) in [6, 6.07) is 0. The predicted molar refractivity (Wildman–Crippen MR) is 608 cm³/mol. The Balaban J connectivity index is 0.000000748. The zero-order chi connectivity index (χ0) is 99.7. The Bertz CT molecular complexity index is 5130. The first-order chi connectivity index (χ1) is 58.7. The second-order valence-electron chi connectivity index (χ2n) is 41.8. The summed E-state index contributed by atoms with van der Waals surface area (Å²) in [6.45, 7) is 86.5. The van der Waals surface area contributed by atoms with Crippen LogP contribution in [0.4, 0.5) is 39.8 Å². The molecule has 0 spiro atoms. The average molecular weight is 2020 g/mol. The Morgan fingerprint density at radius 1 is 0.211 bits per heavy atom. The number of nitrogens with one attached hydrogen (secondary N) is 1. The summed E-state index contributed by atoms with van der Waals surface area (Å²) in [5, 5.41) is 3.14. The van der Waals surface area contributed by atoms with Crippen LogP contribution in [0.2, 0.25) is 0 Å². The van der Waals surface area contributed by atoms with Gasteiger partial charge in [-0.05, 0) is 137 Å². The van der Waals surface area contributed by atoms with Gasteiger partial charge in [-0.2, -0.15) is 0 Å². The van der Waals surface area contributed by atoms with Gasteiger partial charge in [-0.3, -0.25) is 0 Å². The lowest BCUT2D eigenvalue weighted by Gasteiger charge is -2.33. The molecule has 0 radical (unpaired) electrons. The summed E-state index contributed by atoms with van der Waals surface area (Å²) in [7, 11) is 21.0. The second-order valence-corrected chi connectivity index (χ2v) is 47.5. The highest BCUT2D eigenvalue weighted by molar-refractivity contribution is 7.76. The number of likely N-dealkylation sites (N-methyl/N-ethyl adjacent to an activating group) is 12. The van der Waals surface area contributed by atoms with Gasteiger partial charge < -0.3 is 69.8 Å². The Kier molecular flexibility index (Phi) is 53.0. The first-order valence-electron chi connectivity index (χ1n) is 46.4. The van der Waals surface area contributed by atoms with Crippen molar-refractivity contribution in [3.63, 3.8) is 0 Å². The molecule has 3 N–H and O–H groups in total. The normalized spacial score (nSPS) is 12.3. The zero-order valence-electron chi connectivity index (χ0n) is 87.0. The molecule has 0 fully saturated rings. The minimum Gasteiger partial charge on any atom is -0.372 e. The van der Waals surface area contributed by atoms with Crippen LogP contribution in [0.15, 0.2) is 0 Å². The van der Waals surface area contributed by atoms with Crippen LogP contribution >= 0.6 is 171 Å². The molecule has 0 aliphatic carbocycles. The van der Waals surface area contributed by atoms with Crippen LogP contribution in [0.3, 0.4) is 0 Å². The lowest BCUT2D eigenvalue weighted by molar-refractivity contribution is 0.281. The quantitative estimate of drug-likeness (QED) is 0.0359. The summed E-state index contributed by atoms with van der Waals surface area (Å²) >= 11 is 75.6. The van der Waals surface area contributed by atoms with Gasteiger partial charge in [0.15, 0.2) is 0 Å². The van der Waals surface area contributed by atoms with Crippen LogP contribution in [0.1, 0.15) is 265 Å². The van der Waals surface area contributed by atoms with E-state index in [9.17, 15) is 0 Å². The molecule has 0 atom stereocenters. The van der Waals surface area contributed by atoms with Gasteiger partial charge in [0.25, 0.3) is 0 Å². The molecule has 0 saturated carbocycles. The van der Waals surface area contributed by atoms with Crippen molar-refractivity contribution in [1.82, 2.24) is 29.8 Å². The molecule has 128 heavy (non-hydrogen) atoms. The van der Waals surface area contributed by atoms with Crippen molar-refractivity contribution < 1.29 is 0 Å². The number of hydrogen-bond donors (Lipinski definition) is 2. The van der Waals surface area contributed by atoms with Crippen LogP contribution in [0.5, 0.6) is 0 Å². The average Bonchev–Trinajstić information content (AvgIpc) is 0.797. The van der Waals surface area contributed by atoms with Crippen molar-refractivity contribution in [3.8, 4) is 0 Å². The van der Waals surface area contributed by atoms with E-state index in [1.54, 1.807) is 0 Å². The molecule has 14 nitrogen and oxygen atoms in total. The standard InChI is InChI=1S/C17H30N2S2.C16H28N2S2.2C15H26N2S2.C14H24N2S2.C12H20N2S2.C11H18N2S2/c1-7-9-19(10-8-2)12-11-18(6)14-13(17(3,4)5)15(20)16(14)21;1-7-9-18(8-2)11-10-17(6)13-12(16(3,4)5)14(19)15(13)20;1-7-8-16(5)9-10-17(6)12-11(15(2,3)4)13(18)14(12)19;1-7-17(8-2)10-9-16(6)12-11(15(3,4)5)13(18)14(12)19;1-7-15(5)8-9-16(6)11-10(14(2,3)4)12(17)13(11)18;1-12(2,3)8-9(11(16)10(8)15)14(5)7-6-13-4;1-11(2,3)7-8(10(15)9(7)14)13(4)6-5-12/h7-12H2,1-6H3;7-11H2,1-6H3;2*7-10H2,1-6H3;7-9H2,1-6H3;13H,6-7H2,1-5H3;5-6,12H2,1-4H3. The monoisotopic (exact) mass is 2020 g/mol. The molecule has 0 saturated heterocycles. The highest BCUT2D eigenvalue weighted by Crippen LogP contribution is 2.45. The third kappa shape index (κ3) is 34.7. The third-order valence-corrected chi connectivity index (χ3v) is 29.8. The van der Waals surface area contributed by atoms with Crippen molar-refractivity contribution in [2.75, 3.05) is 249 Å². The Morgan fingerprint density at radius 2 is 0.398 bits per heavy atom. The second kappa shape index (κ2) is 54.8. The van der Waals surface area contributed by atoms with Crippen LogP contribution in [0.25, 0.3) is 0 Å². The van der Waals surface area contributed by atoms with E-state index in [0.717, 1.165) is 187 Å². The molecule has 0 amide bonds. The van der Waals surface area contributed by atoms with E-state index in [1.165, 1.54) is 118 Å². The zero-order valence-corrected chi connectivity index (χ0v) is 98.5. The van der Waals surface area contributed by atoms with E-state index in [4.69, 9.17) is 177 Å². The number of nitrogens with two attached hydrogens (primary N) is 1. The fraction of sp³-hybridized carbons (Fsp3) is 0.720. The Morgan fingerprint density at radius 3 is 0.594 bits per heavy atom. The van der Waals surface area contributed by atoms with Crippen molar-refractivity contribution in [1.29, 1.82) is 0 Å². The van der Waals surface area contributed by atoms with Gasteiger partial charge >= 0.3 is 0 Å². The van der Waals surface area contributed by atoms with Gasteiger partial charge in [0.1, 0.15) is 0 Å². The molecule has 0 unspecified atom stereocenters. The van der Waals surface area contributed by atoms with E-state index >= 15 is 0 Å². The maximum absolute atomic E-state index is 5.54. The van der Waals surface area contributed by atoms with Crippen LogP contribution in [-0.2, 0) is 37.9 Å². The topological polar surface area (TPSA) is 76.9 Å². The van der Waals surface area contributed by atoms with Gasteiger partial charge in [-0.1, -0.05) is 372 Å². The molecule has 0 aliphatic heterocycles. The van der Waals surface area contributed by atoms with Crippen LogP contribution in [0, 0.1) is 63.1 Å². The highest BCUT2D eigenvalue weighted by Gasteiger charge is 2.35. The van der Waals surface area contributed by atoms with Crippen molar-refractivity contribution >= 4 is 211 Å². The first kappa shape index (κ1) is 124. The molecule has 726 valence electrons. The lowest BCUT2D eigenvalue weighted by Crippen LogP contribution is -2.36. The fourth-order valence-corrected chi connectivity index (χ4v) is 21.8. The number of rotatable bonds is 39. The van der Waals surface area contributed by atoms with Crippen LogP contribution in [-0.4, -0.2) is 239 Å². The molecule has 0 bridgehead atoms.